The number of benzene rings is 2. The fourth-order valence-corrected chi connectivity index (χ4v) is 2.10. The zero-order valence-electron chi connectivity index (χ0n) is 11.6. The quantitative estimate of drug-likeness (QED) is 0.625. The molecule has 0 heterocycles. The molecule has 0 saturated heterocycles. The number of halogens is 1. The Hall–Kier alpha value is -2.49. The Morgan fingerprint density at radius 3 is 2.24 bits per heavy atom. The fraction of sp³-hybridized carbons (Fsp3) is 0.176. The van der Waals surface area contributed by atoms with Crippen LogP contribution in [-0.2, 0) is 9.53 Å². The maximum Gasteiger partial charge on any atom is 0.313 e. The number of hydrogen-bond donors (Lipinski definition) is 0. The molecular weight excluding hydrogens is 271 g/mol. The molecule has 1 atom stereocenters. The maximum atomic E-state index is 12.9. The fourth-order valence-electron chi connectivity index (χ4n) is 2.10. The highest BCUT2D eigenvalue weighted by Gasteiger charge is 2.25. The lowest BCUT2D eigenvalue weighted by Crippen LogP contribution is -2.18. The molecular formula is C17H15FO3. The second-order valence-corrected chi connectivity index (χ2v) is 4.62. The molecule has 0 amide bonds. The van der Waals surface area contributed by atoms with Crippen molar-refractivity contribution in [2.75, 3.05) is 7.11 Å². The van der Waals surface area contributed by atoms with Gasteiger partial charge in [-0.15, -0.1) is 0 Å². The van der Waals surface area contributed by atoms with Crippen LogP contribution >= 0.6 is 0 Å². The normalized spacial score (nSPS) is 11.7. The third kappa shape index (κ3) is 3.75. The average molecular weight is 286 g/mol. The van der Waals surface area contributed by atoms with Gasteiger partial charge in [0.25, 0.3) is 0 Å². The van der Waals surface area contributed by atoms with Gasteiger partial charge in [0.05, 0.1) is 13.0 Å². The van der Waals surface area contributed by atoms with Crippen LogP contribution in [0.2, 0.25) is 0 Å². The Morgan fingerprint density at radius 2 is 1.67 bits per heavy atom. The molecule has 0 bridgehead atoms. The first kappa shape index (κ1) is 14.9. The Balaban J connectivity index is 2.21. The van der Waals surface area contributed by atoms with E-state index in [0.717, 1.165) is 5.56 Å². The average Bonchev–Trinajstić information content (AvgIpc) is 2.53. The number of carbonyl (C=O) groups excluding carboxylic acids is 2. The first-order chi connectivity index (χ1) is 10.1. The third-order valence-corrected chi connectivity index (χ3v) is 3.24. The second kappa shape index (κ2) is 6.79. The number of esters is 1. The van der Waals surface area contributed by atoms with E-state index < -0.39 is 17.7 Å². The number of Topliss-reactive ketones (excluding diaryl/α,β-unsaturated/α-hetero) is 1. The zero-order chi connectivity index (χ0) is 15.2. The van der Waals surface area contributed by atoms with E-state index in [2.05, 4.69) is 0 Å². The van der Waals surface area contributed by atoms with Crippen molar-refractivity contribution in [3.05, 3.63) is 71.5 Å². The topological polar surface area (TPSA) is 43.4 Å². The van der Waals surface area contributed by atoms with Gasteiger partial charge in [0.2, 0.25) is 0 Å². The van der Waals surface area contributed by atoms with Crippen LogP contribution in [0.5, 0.6) is 0 Å². The van der Waals surface area contributed by atoms with Crippen LogP contribution in [0.15, 0.2) is 54.6 Å². The Labute approximate surface area is 122 Å². The highest BCUT2D eigenvalue weighted by molar-refractivity contribution is 5.99. The van der Waals surface area contributed by atoms with Crippen molar-refractivity contribution in [2.24, 2.45) is 0 Å². The summed E-state index contributed by atoms with van der Waals surface area (Å²) in [5.41, 5.74) is 1.10. The van der Waals surface area contributed by atoms with E-state index in [4.69, 9.17) is 4.74 Å². The lowest BCUT2D eigenvalue weighted by molar-refractivity contribution is -0.142. The van der Waals surface area contributed by atoms with Crippen LogP contribution in [0.25, 0.3) is 0 Å². The van der Waals surface area contributed by atoms with Crippen LogP contribution < -0.4 is 0 Å². The second-order valence-electron chi connectivity index (χ2n) is 4.62. The van der Waals surface area contributed by atoms with Gasteiger partial charge >= 0.3 is 5.97 Å². The van der Waals surface area contributed by atoms with Gasteiger partial charge in [0.1, 0.15) is 5.82 Å². The Bertz CT molecular complexity index is 620. The molecule has 4 heteroatoms. The summed E-state index contributed by atoms with van der Waals surface area (Å²) in [6, 6.07) is 14.3. The number of rotatable bonds is 5. The van der Waals surface area contributed by atoms with Gasteiger partial charge < -0.3 is 4.74 Å². The van der Waals surface area contributed by atoms with Gasteiger partial charge in [-0.1, -0.05) is 30.3 Å². The van der Waals surface area contributed by atoms with Crippen LogP contribution in [-0.4, -0.2) is 18.9 Å². The van der Waals surface area contributed by atoms with Gasteiger partial charge in [-0.3, -0.25) is 9.59 Å². The molecule has 0 fully saturated rings. The van der Waals surface area contributed by atoms with E-state index in [9.17, 15) is 14.0 Å². The summed E-state index contributed by atoms with van der Waals surface area (Å²) in [5.74, 6) is -1.75. The van der Waals surface area contributed by atoms with E-state index in [0.29, 0.717) is 5.56 Å². The van der Waals surface area contributed by atoms with E-state index in [1.807, 2.05) is 6.07 Å². The molecule has 0 spiro atoms. The monoisotopic (exact) mass is 286 g/mol. The molecule has 0 saturated carbocycles. The van der Waals surface area contributed by atoms with Crippen molar-refractivity contribution in [3.63, 3.8) is 0 Å². The van der Waals surface area contributed by atoms with Gasteiger partial charge in [0.15, 0.2) is 5.78 Å². The number of carbonyl (C=O) groups is 2. The zero-order valence-corrected chi connectivity index (χ0v) is 11.6. The predicted molar refractivity (Wildman–Crippen MR) is 76.5 cm³/mol. The summed E-state index contributed by atoms with van der Waals surface area (Å²) in [7, 11) is 1.29. The minimum atomic E-state index is -0.659. The van der Waals surface area contributed by atoms with E-state index >= 15 is 0 Å². The summed E-state index contributed by atoms with van der Waals surface area (Å²) >= 11 is 0. The largest absolute Gasteiger partial charge is 0.469 e. The predicted octanol–water partition coefficient (Wildman–Crippen LogP) is 3.36. The van der Waals surface area contributed by atoms with Gasteiger partial charge in [-0.2, -0.15) is 0 Å². The van der Waals surface area contributed by atoms with Crippen molar-refractivity contribution < 1.29 is 18.7 Å². The van der Waals surface area contributed by atoms with Gasteiger partial charge in [0, 0.05) is 12.0 Å². The molecule has 2 aromatic carbocycles. The molecule has 21 heavy (non-hydrogen) atoms. The van der Waals surface area contributed by atoms with E-state index in [1.165, 1.54) is 31.4 Å². The summed E-state index contributed by atoms with van der Waals surface area (Å²) < 4.78 is 17.6. The van der Waals surface area contributed by atoms with Crippen molar-refractivity contribution in [3.8, 4) is 0 Å². The van der Waals surface area contributed by atoms with Crippen LogP contribution in [0.3, 0.4) is 0 Å². The highest BCUT2D eigenvalue weighted by atomic mass is 19.1. The molecule has 0 radical (unpaired) electrons. The molecule has 2 aromatic rings. The number of ketones is 1. The van der Waals surface area contributed by atoms with Crippen LogP contribution in [0.1, 0.15) is 28.3 Å². The molecule has 0 aliphatic rings. The first-order valence-corrected chi connectivity index (χ1v) is 6.53. The molecule has 2 rings (SSSR count). The molecule has 3 nitrogen and oxygen atoms in total. The summed E-state index contributed by atoms with van der Waals surface area (Å²) in [5, 5.41) is 0. The Morgan fingerprint density at radius 1 is 1.05 bits per heavy atom. The third-order valence-electron chi connectivity index (χ3n) is 3.24. The Kier molecular flexibility index (Phi) is 4.82. The molecule has 1 unspecified atom stereocenters. The SMILES string of the molecule is COC(=O)C(CC(=O)c1ccc(F)cc1)c1ccccc1. The van der Waals surface area contributed by atoms with Crippen LogP contribution in [0, 0.1) is 5.82 Å². The molecule has 0 aliphatic carbocycles. The maximum absolute atomic E-state index is 12.9. The standard InChI is InChI=1S/C17H15FO3/c1-21-17(20)15(12-5-3-2-4-6-12)11-16(19)13-7-9-14(18)10-8-13/h2-10,15H,11H2,1H3. The number of methoxy groups -OCH3 is 1. The van der Waals surface area contributed by atoms with Gasteiger partial charge in [-0.05, 0) is 29.8 Å². The van der Waals surface area contributed by atoms with Gasteiger partial charge in [-0.25, -0.2) is 4.39 Å². The lowest BCUT2D eigenvalue weighted by Gasteiger charge is -2.14. The summed E-state index contributed by atoms with van der Waals surface area (Å²) in [4.78, 5) is 24.1. The van der Waals surface area contributed by atoms with E-state index in [1.54, 1.807) is 24.3 Å². The molecule has 108 valence electrons. The van der Waals surface area contributed by atoms with Crippen molar-refractivity contribution in [1.29, 1.82) is 0 Å². The highest BCUT2D eigenvalue weighted by Crippen LogP contribution is 2.23. The van der Waals surface area contributed by atoms with Crippen molar-refractivity contribution in [2.45, 2.75) is 12.3 Å². The van der Waals surface area contributed by atoms with Crippen LogP contribution in [0.4, 0.5) is 4.39 Å². The van der Waals surface area contributed by atoms with Crippen molar-refractivity contribution >= 4 is 11.8 Å². The number of hydrogen-bond acceptors (Lipinski definition) is 3. The minimum Gasteiger partial charge on any atom is -0.469 e. The number of ether oxygens (including phenoxy) is 1. The molecule has 0 N–H and O–H groups in total. The molecule has 0 aromatic heterocycles. The van der Waals surface area contributed by atoms with Crippen molar-refractivity contribution in [1.82, 2.24) is 0 Å². The smallest absolute Gasteiger partial charge is 0.313 e. The first-order valence-electron chi connectivity index (χ1n) is 6.53. The molecule has 0 aliphatic heterocycles. The summed E-state index contributed by atoms with van der Waals surface area (Å²) in [6.45, 7) is 0. The van der Waals surface area contributed by atoms with E-state index in [-0.39, 0.29) is 12.2 Å². The summed E-state index contributed by atoms with van der Waals surface area (Å²) in [6.07, 6.45) is -0.0116. The lowest BCUT2D eigenvalue weighted by atomic mass is 9.91. The minimum absolute atomic E-state index is 0.0116.